The Morgan fingerprint density at radius 1 is 1.12 bits per heavy atom. The van der Waals surface area contributed by atoms with Crippen molar-refractivity contribution in [3.63, 3.8) is 0 Å². The molecule has 0 saturated carbocycles. The molecule has 1 saturated heterocycles. The molecule has 1 fully saturated rings. The summed E-state index contributed by atoms with van der Waals surface area (Å²) in [4.78, 5) is 38.1. The minimum absolute atomic E-state index is 0.0806. The predicted molar refractivity (Wildman–Crippen MR) is 95.6 cm³/mol. The van der Waals surface area contributed by atoms with E-state index in [-0.39, 0.29) is 11.5 Å². The second kappa shape index (κ2) is 7.07. The lowest BCUT2D eigenvalue weighted by Gasteiger charge is -2.37. The van der Waals surface area contributed by atoms with Gasteiger partial charge in [-0.3, -0.25) is 4.79 Å². The molecule has 0 radical (unpaired) electrons. The number of ether oxygens (including phenoxy) is 2. The third-order valence-corrected chi connectivity index (χ3v) is 9.05. The maximum Gasteiger partial charge on any atom is 0.417 e. The minimum Gasteiger partial charge on any atom is -0.467 e. The number of likely N-dealkylation sites (tertiary alicyclic amines) is 1. The maximum atomic E-state index is 12.8. The molecule has 2 amide bonds. The Hall–Kier alpha value is -1.41. The van der Waals surface area contributed by atoms with E-state index in [1.807, 2.05) is 13.1 Å². The van der Waals surface area contributed by atoms with E-state index in [1.54, 1.807) is 20.8 Å². The summed E-state index contributed by atoms with van der Waals surface area (Å²) >= 11 is 0. The molecule has 2 unspecified atom stereocenters. The highest BCUT2D eigenvalue weighted by Gasteiger charge is 2.52. The van der Waals surface area contributed by atoms with Gasteiger partial charge in [0.1, 0.15) is 17.7 Å². The molecule has 0 aromatic rings. The molecule has 0 N–H and O–H groups in total. The van der Waals surface area contributed by atoms with E-state index in [9.17, 15) is 14.4 Å². The van der Waals surface area contributed by atoms with Crippen LogP contribution in [0.25, 0.3) is 0 Å². The Morgan fingerprint density at radius 3 is 2.04 bits per heavy atom. The molecule has 8 heteroatoms. The van der Waals surface area contributed by atoms with Crippen LogP contribution in [0.3, 0.4) is 0 Å². The Kier molecular flexibility index (Phi) is 6.12. The Bertz CT molecular complexity index is 546. The first kappa shape index (κ1) is 21.6. The van der Waals surface area contributed by atoms with Crippen molar-refractivity contribution in [2.75, 3.05) is 7.11 Å². The van der Waals surface area contributed by atoms with Crippen molar-refractivity contribution in [3.8, 4) is 0 Å². The molecule has 1 rings (SSSR count). The van der Waals surface area contributed by atoms with Crippen LogP contribution < -0.4 is 0 Å². The van der Waals surface area contributed by atoms with E-state index in [2.05, 4.69) is 20.8 Å². The van der Waals surface area contributed by atoms with E-state index in [4.69, 9.17) is 13.9 Å². The minimum atomic E-state index is -2.25. The van der Waals surface area contributed by atoms with E-state index < -0.39 is 44.0 Å². The SMILES string of the molecule is COC(=O)C1CC(O[Si](C)(C)C(C)(C)C)C(=O)N1C(=O)OC(C)(C)C. The number of carbonyl (C=O) groups excluding carboxylic acids is 3. The smallest absolute Gasteiger partial charge is 0.417 e. The molecule has 2 atom stereocenters. The van der Waals surface area contributed by atoms with Crippen LogP contribution in [0.1, 0.15) is 48.0 Å². The summed E-state index contributed by atoms with van der Waals surface area (Å²) in [6, 6.07) is -1.03. The van der Waals surface area contributed by atoms with Crippen molar-refractivity contribution in [2.24, 2.45) is 0 Å². The fourth-order valence-electron chi connectivity index (χ4n) is 2.21. The summed E-state index contributed by atoms with van der Waals surface area (Å²) in [5.41, 5.74) is -0.781. The molecule has 1 aliphatic rings. The summed E-state index contributed by atoms with van der Waals surface area (Å²) in [6.45, 7) is 15.3. The van der Waals surface area contributed by atoms with Crippen LogP contribution in [0.4, 0.5) is 4.79 Å². The van der Waals surface area contributed by atoms with Gasteiger partial charge in [0.25, 0.3) is 5.91 Å². The number of amides is 2. The highest BCUT2D eigenvalue weighted by Crippen LogP contribution is 2.39. The highest BCUT2D eigenvalue weighted by atomic mass is 28.4. The lowest BCUT2D eigenvalue weighted by molar-refractivity contribution is -0.149. The normalized spacial score (nSPS) is 22.1. The zero-order valence-electron chi connectivity index (χ0n) is 16.8. The average Bonchev–Trinajstić information content (AvgIpc) is 2.71. The highest BCUT2D eigenvalue weighted by molar-refractivity contribution is 6.74. The third-order valence-electron chi connectivity index (χ3n) is 4.57. The van der Waals surface area contributed by atoms with Crippen molar-refractivity contribution in [1.82, 2.24) is 4.90 Å². The number of imide groups is 1. The largest absolute Gasteiger partial charge is 0.467 e. The Balaban J connectivity index is 3.09. The van der Waals surface area contributed by atoms with Gasteiger partial charge in [0.15, 0.2) is 8.32 Å². The van der Waals surface area contributed by atoms with Crippen molar-refractivity contribution in [1.29, 1.82) is 0 Å². The quantitative estimate of drug-likeness (QED) is 0.558. The fraction of sp³-hybridized carbons (Fsp3) is 0.824. The van der Waals surface area contributed by atoms with Gasteiger partial charge in [0, 0.05) is 6.42 Å². The molecule has 1 aliphatic heterocycles. The standard InChI is InChI=1S/C17H31NO6Si/c1-16(2,3)23-15(21)18-11(14(20)22-7)10-12(13(18)19)24-25(8,9)17(4,5)6/h11-12H,10H2,1-9H3. The molecule has 7 nitrogen and oxygen atoms in total. The molecule has 0 spiro atoms. The van der Waals surface area contributed by atoms with Gasteiger partial charge < -0.3 is 13.9 Å². The van der Waals surface area contributed by atoms with Gasteiger partial charge in [-0.1, -0.05) is 20.8 Å². The van der Waals surface area contributed by atoms with Crippen LogP contribution in [0.15, 0.2) is 0 Å². The summed E-state index contributed by atoms with van der Waals surface area (Å²) < 4.78 is 16.2. The lowest BCUT2D eigenvalue weighted by Crippen LogP contribution is -2.48. The van der Waals surface area contributed by atoms with Crippen LogP contribution in [0.2, 0.25) is 18.1 Å². The number of nitrogens with zero attached hydrogens (tertiary/aromatic N) is 1. The van der Waals surface area contributed by atoms with Gasteiger partial charge in [0.05, 0.1) is 7.11 Å². The van der Waals surface area contributed by atoms with Crippen molar-refractivity contribution >= 4 is 26.3 Å². The molecule has 0 aromatic carbocycles. The lowest BCUT2D eigenvalue weighted by atomic mass is 10.2. The molecular formula is C17H31NO6Si. The topological polar surface area (TPSA) is 82.1 Å². The van der Waals surface area contributed by atoms with E-state index >= 15 is 0 Å². The monoisotopic (exact) mass is 373 g/mol. The van der Waals surface area contributed by atoms with Crippen molar-refractivity contribution in [3.05, 3.63) is 0 Å². The van der Waals surface area contributed by atoms with Crippen LogP contribution in [-0.2, 0) is 23.5 Å². The number of carbonyl (C=O) groups is 3. The maximum absolute atomic E-state index is 12.8. The van der Waals surface area contributed by atoms with Crippen LogP contribution in [0, 0.1) is 0 Å². The van der Waals surface area contributed by atoms with E-state index in [0.717, 1.165) is 4.90 Å². The second-order valence-electron chi connectivity index (χ2n) is 8.83. The van der Waals surface area contributed by atoms with E-state index in [1.165, 1.54) is 7.11 Å². The molecule has 144 valence electrons. The third kappa shape index (κ3) is 5.04. The van der Waals surface area contributed by atoms with Crippen LogP contribution in [0.5, 0.6) is 0 Å². The van der Waals surface area contributed by atoms with Crippen molar-refractivity contribution < 1.29 is 28.3 Å². The molecular weight excluding hydrogens is 342 g/mol. The van der Waals surface area contributed by atoms with Gasteiger partial charge in [0.2, 0.25) is 0 Å². The van der Waals surface area contributed by atoms with E-state index in [0.29, 0.717) is 0 Å². The number of hydrogen-bond acceptors (Lipinski definition) is 6. The van der Waals surface area contributed by atoms with Gasteiger partial charge in [-0.2, -0.15) is 0 Å². The molecule has 0 aliphatic carbocycles. The molecule has 0 bridgehead atoms. The number of hydrogen-bond donors (Lipinski definition) is 0. The van der Waals surface area contributed by atoms with Gasteiger partial charge in [-0.15, -0.1) is 0 Å². The first-order valence-electron chi connectivity index (χ1n) is 8.42. The van der Waals surface area contributed by atoms with Gasteiger partial charge in [-0.25, -0.2) is 14.5 Å². The first-order valence-corrected chi connectivity index (χ1v) is 11.3. The summed E-state index contributed by atoms with van der Waals surface area (Å²) in [7, 11) is -1.02. The van der Waals surface area contributed by atoms with Gasteiger partial charge in [-0.05, 0) is 38.9 Å². The zero-order chi connectivity index (χ0) is 19.8. The Morgan fingerprint density at radius 2 is 1.64 bits per heavy atom. The predicted octanol–water partition coefficient (Wildman–Crippen LogP) is 3.09. The summed E-state index contributed by atoms with van der Waals surface area (Å²) in [6.07, 6.45) is -1.62. The summed E-state index contributed by atoms with van der Waals surface area (Å²) in [5.74, 6) is -1.20. The van der Waals surface area contributed by atoms with Crippen molar-refractivity contribution in [2.45, 2.75) is 83.8 Å². The zero-order valence-corrected chi connectivity index (χ0v) is 17.8. The molecule has 0 aromatic heterocycles. The fourth-order valence-corrected chi connectivity index (χ4v) is 3.48. The number of esters is 1. The van der Waals surface area contributed by atoms with Gasteiger partial charge >= 0.3 is 12.1 Å². The second-order valence-corrected chi connectivity index (χ2v) is 13.6. The Labute approximate surface area is 151 Å². The van der Waals surface area contributed by atoms with Crippen LogP contribution >= 0.6 is 0 Å². The molecule has 1 heterocycles. The summed E-state index contributed by atoms with van der Waals surface area (Å²) in [5, 5.41) is -0.104. The molecule has 25 heavy (non-hydrogen) atoms. The number of methoxy groups -OCH3 is 1. The van der Waals surface area contributed by atoms with Crippen LogP contribution in [-0.4, -0.2) is 56.0 Å². The first-order chi connectivity index (χ1) is 11.1. The average molecular weight is 374 g/mol. The number of rotatable bonds is 3.